The van der Waals surface area contributed by atoms with Crippen LogP contribution in [0.3, 0.4) is 0 Å². The topological polar surface area (TPSA) is 12.9 Å². The molecule has 0 aliphatic rings. The third kappa shape index (κ3) is 2.78. The van der Waals surface area contributed by atoms with Crippen molar-refractivity contribution in [2.75, 3.05) is 0 Å². The molecule has 0 amide bonds. The molecule has 0 atom stereocenters. The summed E-state index contributed by atoms with van der Waals surface area (Å²) in [7, 11) is 0. The zero-order chi connectivity index (χ0) is 15.7. The van der Waals surface area contributed by atoms with Crippen molar-refractivity contribution in [2.45, 2.75) is 46.0 Å². The molecule has 0 N–H and O–H groups in total. The molecule has 0 unspecified atom stereocenters. The van der Waals surface area contributed by atoms with Crippen molar-refractivity contribution in [3.8, 4) is 11.3 Å². The Kier molecular flexibility index (Phi) is 4.25. The maximum absolute atomic E-state index is 4.90. The fourth-order valence-electron chi connectivity index (χ4n) is 2.94. The van der Waals surface area contributed by atoms with Gasteiger partial charge in [-0.2, -0.15) is 0 Å². The molecule has 2 heterocycles. The second-order valence-corrected chi connectivity index (χ2v) is 8.24. The summed E-state index contributed by atoms with van der Waals surface area (Å²) in [5, 5.41) is 1.29. The average Bonchev–Trinajstić information content (AvgIpc) is 3.01. The minimum atomic E-state index is 0.253. The predicted molar refractivity (Wildman–Crippen MR) is 96.8 cm³/mol. The van der Waals surface area contributed by atoms with Gasteiger partial charge in [0.1, 0.15) is 0 Å². The van der Waals surface area contributed by atoms with Gasteiger partial charge in [0.25, 0.3) is 0 Å². The van der Waals surface area contributed by atoms with E-state index < -0.39 is 0 Å². The molecule has 3 aromatic rings. The summed E-state index contributed by atoms with van der Waals surface area (Å²) in [6.45, 7) is 9.13. The Balaban J connectivity index is 2.12. The van der Waals surface area contributed by atoms with Crippen LogP contribution < -0.4 is 0 Å². The monoisotopic (exact) mass is 357 g/mol. The van der Waals surface area contributed by atoms with E-state index in [1.54, 1.807) is 0 Å². The molecule has 0 aliphatic heterocycles. The molecule has 1 nitrogen and oxygen atoms in total. The predicted octanol–water partition coefficient (Wildman–Crippen LogP) is 5.34. The second kappa shape index (κ2) is 6.02. The molecule has 0 spiro atoms. The van der Waals surface area contributed by atoms with Crippen LogP contribution in [0, 0.1) is 6.92 Å². The molecule has 0 saturated carbocycles. The van der Waals surface area contributed by atoms with Gasteiger partial charge in [0.15, 0.2) is 0 Å². The van der Waals surface area contributed by atoms with E-state index in [0.29, 0.717) is 14.5 Å². The van der Waals surface area contributed by atoms with E-state index >= 15 is 0 Å². The SMILES string of the molecule is CCC(C)(CC)c1cc(C)cc(-c2ccc3cc[se]c3n2)c1. The summed E-state index contributed by atoms with van der Waals surface area (Å²) >= 11 is 0.402. The quantitative estimate of drug-likeness (QED) is 0.575. The first-order chi connectivity index (χ1) is 10.6. The minimum absolute atomic E-state index is 0.253. The van der Waals surface area contributed by atoms with E-state index in [0.717, 1.165) is 18.5 Å². The standard InChI is InChI=1S/C20H23NSe/c1-5-20(4,6-2)17-12-14(3)11-16(13-17)18-8-7-15-9-10-22-19(15)21-18/h7-13H,5-6H2,1-4H3. The van der Waals surface area contributed by atoms with Gasteiger partial charge in [0, 0.05) is 0 Å². The molecule has 2 aromatic heterocycles. The normalized spacial score (nSPS) is 12.0. The zero-order valence-electron chi connectivity index (χ0n) is 13.8. The summed E-state index contributed by atoms with van der Waals surface area (Å²) < 4.78 is 1.27. The van der Waals surface area contributed by atoms with Gasteiger partial charge in [-0.25, -0.2) is 0 Å². The van der Waals surface area contributed by atoms with E-state index in [1.165, 1.54) is 26.5 Å². The van der Waals surface area contributed by atoms with Gasteiger partial charge < -0.3 is 0 Å². The van der Waals surface area contributed by atoms with Crippen molar-refractivity contribution in [3.63, 3.8) is 0 Å². The fraction of sp³-hybridized carbons (Fsp3) is 0.350. The first-order valence-electron chi connectivity index (χ1n) is 8.02. The van der Waals surface area contributed by atoms with Crippen molar-refractivity contribution < 1.29 is 0 Å². The van der Waals surface area contributed by atoms with Crippen LogP contribution >= 0.6 is 0 Å². The number of fused-ring (bicyclic) bond motifs is 1. The van der Waals surface area contributed by atoms with Crippen LogP contribution in [-0.2, 0) is 5.41 Å². The molecular weight excluding hydrogens is 333 g/mol. The van der Waals surface area contributed by atoms with Crippen molar-refractivity contribution in [1.29, 1.82) is 0 Å². The number of rotatable bonds is 4. The van der Waals surface area contributed by atoms with Gasteiger partial charge in [-0.3, -0.25) is 0 Å². The third-order valence-electron chi connectivity index (χ3n) is 4.95. The van der Waals surface area contributed by atoms with Crippen LogP contribution in [0.4, 0.5) is 0 Å². The second-order valence-electron chi connectivity index (χ2n) is 6.37. The molecule has 1 aromatic carbocycles. The number of aromatic nitrogens is 1. The van der Waals surface area contributed by atoms with Crippen LogP contribution in [-0.4, -0.2) is 19.5 Å². The molecule has 2 heteroatoms. The molecule has 0 radical (unpaired) electrons. The van der Waals surface area contributed by atoms with Gasteiger partial charge in [-0.1, -0.05) is 0 Å². The number of hydrogen-bond donors (Lipinski definition) is 0. The average molecular weight is 356 g/mol. The van der Waals surface area contributed by atoms with E-state index in [1.807, 2.05) is 0 Å². The van der Waals surface area contributed by atoms with Crippen LogP contribution in [0.5, 0.6) is 0 Å². The van der Waals surface area contributed by atoms with Gasteiger partial charge in [0.2, 0.25) is 0 Å². The summed E-state index contributed by atoms with van der Waals surface area (Å²) in [6, 6.07) is 13.5. The van der Waals surface area contributed by atoms with Gasteiger partial charge in [0.05, 0.1) is 0 Å². The molecular formula is C20H23NSe. The Bertz CT molecular complexity index is 796. The zero-order valence-corrected chi connectivity index (χ0v) is 15.5. The van der Waals surface area contributed by atoms with Crippen LogP contribution in [0.2, 0.25) is 0 Å². The number of aryl methyl sites for hydroxylation is 1. The van der Waals surface area contributed by atoms with Gasteiger partial charge in [-0.15, -0.1) is 0 Å². The molecule has 0 saturated heterocycles. The summed E-state index contributed by atoms with van der Waals surface area (Å²) in [4.78, 5) is 7.16. The van der Waals surface area contributed by atoms with Crippen molar-refractivity contribution in [2.24, 2.45) is 0 Å². The Morgan fingerprint density at radius 1 is 1.05 bits per heavy atom. The van der Waals surface area contributed by atoms with E-state index in [-0.39, 0.29) is 5.41 Å². The Labute approximate surface area is 139 Å². The van der Waals surface area contributed by atoms with Crippen molar-refractivity contribution in [1.82, 2.24) is 4.98 Å². The Morgan fingerprint density at radius 2 is 1.82 bits per heavy atom. The molecule has 0 aliphatic carbocycles. The first-order valence-corrected chi connectivity index (χ1v) is 9.87. The maximum atomic E-state index is 4.90. The van der Waals surface area contributed by atoms with Gasteiger partial charge >= 0.3 is 139 Å². The number of hydrogen-bond acceptors (Lipinski definition) is 1. The fourth-order valence-corrected chi connectivity index (χ4v) is 4.55. The van der Waals surface area contributed by atoms with Crippen molar-refractivity contribution >= 4 is 24.3 Å². The molecule has 0 fully saturated rings. The van der Waals surface area contributed by atoms with E-state index in [9.17, 15) is 0 Å². The van der Waals surface area contributed by atoms with Gasteiger partial charge in [-0.05, 0) is 0 Å². The Hall–Kier alpha value is -1.37. The van der Waals surface area contributed by atoms with Crippen LogP contribution in [0.25, 0.3) is 21.0 Å². The summed E-state index contributed by atoms with van der Waals surface area (Å²) in [6.07, 6.45) is 2.33. The molecule has 114 valence electrons. The Morgan fingerprint density at radius 3 is 2.55 bits per heavy atom. The number of nitrogens with zero attached hydrogens (tertiary/aromatic N) is 1. The van der Waals surface area contributed by atoms with E-state index in [2.05, 4.69) is 69.0 Å². The van der Waals surface area contributed by atoms with Crippen LogP contribution in [0.15, 0.2) is 41.3 Å². The molecule has 22 heavy (non-hydrogen) atoms. The third-order valence-corrected chi connectivity index (χ3v) is 6.67. The summed E-state index contributed by atoms with van der Waals surface area (Å²) in [5.41, 5.74) is 5.39. The molecule has 3 rings (SSSR count). The van der Waals surface area contributed by atoms with Crippen molar-refractivity contribution in [3.05, 3.63) is 52.5 Å². The number of pyridine rings is 1. The first kappa shape index (κ1) is 15.5. The number of benzene rings is 1. The van der Waals surface area contributed by atoms with E-state index in [4.69, 9.17) is 4.98 Å². The summed E-state index contributed by atoms with van der Waals surface area (Å²) in [5.74, 6) is 0. The van der Waals surface area contributed by atoms with Crippen LogP contribution in [0.1, 0.15) is 44.7 Å². The molecule has 0 bridgehead atoms.